The van der Waals surface area contributed by atoms with Gasteiger partial charge in [0.1, 0.15) is 0 Å². The van der Waals surface area contributed by atoms with E-state index in [0.717, 1.165) is 10.5 Å². The summed E-state index contributed by atoms with van der Waals surface area (Å²) in [5.74, 6) is 0.664. The van der Waals surface area contributed by atoms with E-state index in [2.05, 4.69) is 0 Å². The van der Waals surface area contributed by atoms with Crippen molar-refractivity contribution >= 4 is 50.7 Å². The summed E-state index contributed by atoms with van der Waals surface area (Å²) in [6.07, 6.45) is 0.493. The number of hydrogen-bond donors (Lipinski definition) is 0. The SMILES string of the molecule is CN(C(=O)c1cccc(CSc2cc(Cl)ccc2Cl)c1)[C@H]1CCS(=O)(=O)C1. The molecule has 4 nitrogen and oxygen atoms in total. The van der Waals surface area contributed by atoms with Crippen molar-refractivity contribution in [2.75, 3.05) is 18.6 Å². The molecule has 1 amide bonds. The van der Waals surface area contributed by atoms with Gasteiger partial charge in [-0.25, -0.2) is 8.42 Å². The molecule has 3 rings (SSSR count). The van der Waals surface area contributed by atoms with Crippen molar-refractivity contribution in [3.63, 3.8) is 0 Å². The summed E-state index contributed by atoms with van der Waals surface area (Å²) in [4.78, 5) is 15.2. The maximum Gasteiger partial charge on any atom is 0.253 e. The normalized spacial score (nSPS) is 18.4. The third kappa shape index (κ3) is 5.19. The van der Waals surface area contributed by atoms with Gasteiger partial charge in [0.15, 0.2) is 9.84 Å². The predicted octanol–water partition coefficient (Wildman–Crippen LogP) is 4.54. The molecule has 0 aromatic heterocycles. The Balaban J connectivity index is 1.69. The molecule has 1 aliphatic rings. The van der Waals surface area contributed by atoms with E-state index < -0.39 is 9.84 Å². The Bertz CT molecular complexity index is 963. The molecule has 1 heterocycles. The lowest BCUT2D eigenvalue weighted by atomic mass is 10.1. The fourth-order valence-electron chi connectivity index (χ4n) is 2.99. The molecule has 0 aliphatic carbocycles. The minimum atomic E-state index is -3.03. The Morgan fingerprint density at radius 2 is 2.00 bits per heavy atom. The third-order valence-corrected chi connectivity index (χ3v) is 8.09. The number of hydrogen-bond acceptors (Lipinski definition) is 4. The first-order valence-electron chi connectivity index (χ1n) is 8.39. The molecule has 1 aliphatic heterocycles. The van der Waals surface area contributed by atoms with Gasteiger partial charge in [-0.2, -0.15) is 0 Å². The Labute approximate surface area is 173 Å². The first kappa shape index (κ1) is 20.5. The molecular weight excluding hydrogens is 425 g/mol. The number of thioether (sulfide) groups is 1. The van der Waals surface area contributed by atoms with Crippen LogP contribution in [0.3, 0.4) is 0 Å². The summed E-state index contributed by atoms with van der Waals surface area (Å²) in [7, 11) is -1.36. The van der Waals surface area contributed by atoms with Crippen molar-refractivity contribution < 1.29 is 13.2 Å². The molecular formula is C19H19Cl2NO3S2. The van der Waals surface area contributed by atoms with Crippen molar-refractivity contribution in [1.82, 2.24) is 4.90 Å². The second-order valence-corrected chi connectivity index (χ2v) is 10.6. The Morgan fingerprint density at radius 1 is 1.22 bits per heavy atom. The van der Waals surface area contributed by atoms with Crippen molar-refractivity contribution in [3.8, 4) is 0 Å². The highest BCUT2D eigenvalue weighted by atomic mass is 35.5. The highest BCUT2D eigenvalue weighted by Gasteiger charge is 2.33. The lowest BCUT2D eigenvalue weighted by Crippen LogP contribution is -2.37. The second kappa shape index (κ2) is 8.43. The van der Waals surface area contributed by atoms with Crippen LogP contribution in [0.4, 0.5) is 0 Å². The molecule has 1 fully saturated rings. The number of halogens is 2. The number of carbonyl (C=O) groups is 1. The molecule has 1 saturated heterocycles. The molecule has 0 bridgehead atoms. The highest BCUT2D eigenvalue weighted by molar-refractivity contribution is 7.98. The van der Waals surface area contributed by atoms with Crippen LogP contribution in [0, 0.1) is 0 Å². The van der Waals surface area contributed by atoms with Crippen molar-refractivity contribution in [1.29, 1.82) is 0 Å². The lowest BCUT2D eigenvalue weighted by molar-refractivity contribution is 0.0747. The summed E-state index contributed by atoms with van der Waals surface area (Å²) < 4.78 is 23.3. The van der Waals surface area contributed by atoms with Gasteiger partial charge in [-0.05, 0) is 42.3 Å². The fraction of sp³-hybridized carbons (Fsp3) is 0.316. The maximum atomic E-state index is 12.8. The molecule has 2 aromatic carbocycles. The Hall–Kier alpha value is -1.21. The third-order valence-electron chi connectivity index (χ3n) is 4.54. The summed E-state index contributed by atoms with van der Waals surface area (Å²) in [5, 5.41) is 1.26. The molecule has 144 valence electrons. The monoisotopic (exact) mass is 443 g/mol. The number of carbonyl (C=O) groups excluding carboxylic acids is 1. The smallest absolute Gasteiger partial charge is 0.253 e. The lowest BCUT2D eigenvalue weighted by Gasteiger charge is -2.23. The predicted molar refractivity (Wildman–Crippen MR) is 112 cm³/mol. The van der Waals surface area contributed by atoms with E-state index in [4.69, 9.17) is 23.2 Å². The minimum absolute atomic E-state index is 0.0397. The zero-order valence-corrected chi connectivity index (χ0v) is 17.8. The zero-order chi connectivity index (χ0) is 19.6. The highest BCUT2D eigenvalue weighted by Crippen LogP contribution is 2.32. The van der Waals surface area contributed by atoms with E-state index in [1.54, 1.807) is 41.9 Å². The molecule has 8 heteroatoms. The number of sulfone groups is 1. The van der Waals surface area contributed by atoms with E-state index in [9.17, 15) is 13.2 Å². The van der Waals surface area contributed by atoms with Crippen LogP contribution in [0.25, 0.3) is 0 Å². The maximum absolute atomic E-state index is 12.8. The molecule has 2 aromatic rings. The fourth-order valence-corrected chi connectivity index (χ4v) is 6.20. The largest absolute Gasteiger partial charge is 0.338 e. The van der Waals surface area contributed by atoms with Crippen LogP contribution in [0.2, 0.25) is 10.0 Å². The average molecular weight is 444 g/mol. The van der Waals surface area contributed by atoms with Gasteiger partial charge in [0, 0.05) is 34.3 Å². The summed E-state index contributed by atoms with van der Waals surface area (Å²) in [6, 6.07) is 12.4. The van der Waals surface area contributed by atoms with Gasteiger partial charge in [-0.1, -0.05) is 35.3 Å². The van der Waals surface area contributed by atoms with Crippen LogP contribution in [-0.4, -0.2) is 43.8 Å². The molecule has 0 saturated carbocycles. The first-order valence-corrected chi connectivity index (χ1v) is 12.0. The molecule has 0 N–H and O–H groups in total. The summed E-state index contributed by atoms with van der Waals surface area (Å²) in [5.41, 5.74) is 1.53. The van der Waals surface area contributed by atoms with Crippen LogP contribution in [-0.2, 0) is 15.6 Å². The van der Waals surface area contributed by atoms with E-state index in [1.165, 1.54) is 0 Å². The number of amides is 1. The first-order chi connectivity index (χ1) is 12.7. The second-order valence-electron chi connectivity index (χ2n) is 6.54. The molecule has 0 radical (unpaired) electrons. The summed E-state index contributed by atoms with van der Waals surface area (Å²) >= 11 is 13.8. The zero-order valence-electron chi connectivity index (χ0n) is 14.7. The Kier molecular flexibility index (Phi) is 6.41. The van der Waals surface area contributed by atoms with Gasteiger partial charge < -0.3 is 4.90 Å². The van der Waals surface area contributed by atoms with Crippen molar-refractivity contribution in [3.05, 3.63) is 63.6 Å². The van der Waals surface area contributed by atoms with Gasteiger partial charge in [0.25, 0.3) is 5.91 Å². The van der Waals surface area contributed by atoms with Gasteiger partial charge in [-0.3, -0.25) is 4.79 Å². The van der Waals surface area contributed by atoms with Gasteiger partial charge in [-0.15, -0.1) is 11.8 Å². The molecule has 0 unspecified atom stereocenters. The number of benzene rings is 2. The minimum Gasteiger partial charge on any atom is -0.338 e. The van der Waals surface area contributed by atoms with Crippen LogP contribution in [0.1, 0.15) is 22.3 Å². The molecule has 27 heavy (non-hydrogen) atoms. The van der Waals surface area contributed by atoms with E-state index in [1.807, 2.05) is 24.3 Å². The van der Waals surface area contributed by atoms with Crippen LogP contribution >= 0.6 is 35.0 Å². The molecule has 0 spiro atoms. The van der Waals surface area contributed by atoms with Gasteiger partial charge in [0.05, 0.1) is 16.5 Å². The topological polar surface area (TPSA) is 54.5 Å². The van der Waals surface area contributed by atoms with Crippen LogP contribution < -0.4 is 0 Å². The van der Waals surface area contributed by atoms with Crippen molar-refractivity contribution in [2.24, 2.45) is 0 Å². The van der Waals surface area contributed by atoms with Crippen LogP contribution in [0.15, 0.2) is 47.4 Å². The Morgan fingerprint density at radius 3 is 2.70 bits per heavy atom. The van der Waals surface area contributed by atoms with E-state index in [0.29, 0.717) is 27.8 Å². The number of rotatable bonds is 5. The quantitative estimate of drug-likeness (QED) is 0.636. The average Bonchev–Trinajstić information content (AvgIpc) is 3.01. The van der Waals surface area contributed by atoms with Crippen molar-refractivity contribution in [2.45, 2.75) is 23.1 Å². The standard InChI is InChI=1S/C19H19Cl2NO3S2/c1-22(16-7-8-27(24,25)12-16)19(23)14-4-2-3-13(9-14)11-26-18-10-15(20)5-6-17(18)21/h2-6,9-10,16H,7-8,11-12H2,1H3/t16-/m0/s1. The summed E-state index contributed by atoms with van der Waals surface area (Å²) in [6.45, 7) is 0. The van der Waals surface area contributed by atoms with E-state index in [-0.39, 0.29) is 23.5 Å². The van der Waals surface area contributed by atoms with Crippen LogP contribution in [0.5, 0.6) is 0 Å². The van der Waals surface area contributed by atoms with E-state index >= 15 is 0 Å². The van der Waals surface area contributed by atoms with Gasteiger partial charge in [0.2, 0.25) is 0 Å². The molecule has 1 atom stereocenters. The van der Waals surface area contributed by atoms with Gasteiger partial charge >= 0.3 is 0 Å². The number of nitrogens with zero attached hydrogens (tertiary/aromatic N) is 1.